The molecule has 0 unspecified atom stereocenters. The van der Waals surface area contributed by atoms with Gasteiger partial charge in [-0.25, -0.2) is 4.98 Å². The van der Waals surface area contributed by atoms with Crippen molar-refractivity contribution in [1.29, 1.82) is 0 Å². The molecule has 0 amide bonds. The Morgan fingerprint density at radius 2 is 2.00 bits per heavy atom. The second-order valence-corrected chi connectivity index (χ2v) is 5.85. The number of nitrogens with one attached hydrogen (secondary N) is 2. The van der Waals surface area contributed by atoms with Crippen LogP contribution >= 0.6 is 23.2 Å². The van der Waals surface area contributed by atoms with E-state index < -0.39 is 0 Å². The highest BCUT2D eigenvalue weighted by Gasteiger charge is 2.12. The second-order valence-electron chi connectivity index (χ2n) is 5.07. The fraction of sp³-hybridized carbons (Fsp3) is 0.333. The van der Waals surface area contributed by atoms with Gasteiger partial charge in [0, 0.05) is 32.7 Å². The summed E-state index contributed by atoms with van der Waals surface area (Å²) in [5, 5.41) is 7.70. The Morgan fingerprint density at radius 1 is 1.18 bits per heavy atom. The molecule has 0 aliphatic carbocycles. The van der Waals surface area contributed by atoms with E-state index in [4.69, 9.17) is 23.2 Å². The molecule has 2 heterocycles. The minimum Gasteiger partial charge on any atom is -0.365 e. The van der Waals surface area contributed by atoms with Crippen molar-refractivity contribution < 1.29 is 0 Å². The van der Waals surface area contributed by atoms with Gasteiger partial charge in [-0.05, 0) is 11.6 Å². The topological polar surface area (TPSA) is 53.1 Å². The van der Waals surface area contributed by atoms with Gasteiger partial charge in [-0.3, -0.25) is 4.98 Å². The molecule has 1 aliphatic heterocycles. The van der Waals surface area contributed by atoms with E-state index in [2.05, 4.69) is 25.5 Å². The molecule has 2 aromatic rings. The Bertz CT molecular complexity index is 644. The van der Waals surface area contributed by atoms with E-state index in [1.807, 2.05) is 12.1 Å². The number of benzene rings is 1. The summed E-state index contributed by atoms with van der Waals surface area (Å²) in [6.07, 6.45) is 3.51. The van der Waals surface area contributed by atoms with Crippen molar-refractivity contribution in [3.05, 3.63) is 46.2 Å². The third-order valence-electron chi connectivity index (χ3n) is 3.55. The highest BCUT2D eigenvalue weighted by atomic mass is 35.5. The molecular weight excluding hydrogens is 321 g/mol. The molecule has 1 aliphatic rings. The van der Waals surface area contributed by atoms with Crippen LogP contribution in [-0.2, 0) is 6.54 Å². The number of anilines is 2. The molecule has 22 heavy (non-hydrogen) atoms. The van der Waals surface area contributed by atoms with Crippen LogP contribution in [0.15, 0.2) is 30.6 Å². The van der Waals surface area contributed by atoms with Gasteiger partial charge >= 0.3 is 0 Å². The first-order valence-electron chi connectivity index (χ1n) is 7.18. The van der Waals surface area contributed by atoms with E-state index in [0.29, 0.717) is 16.6 Å². The normalized spacial score (nSPS) is 14.9. The fourth-order valence-electron chi connectivity index (χ4n) is 2.36. The van der Waals surface area contributed by atoms with Crippen molar-refractivity contribution in [3.63, 3.8) is 0 Å². The van der Waals surface area contributed by atoms with E-state index in [-0.39, 0.29) is 0 Å². The minimum absolute atomic E-state index is 0.555. The van der Waals surface area contributed by atoms with Crippen LogP contribution in [0, 0.1) is 0 Å². The van der Waals surface area contributed by atoms with E-state index >= 15 is 0 Å². The van der Waals surface area contributed by atoms with Crippen LogP contribution in [0.5, 0.6) is 0 Å². The van der Waals surface area contributed by atoms with Crippen molar-refractivity contribution in [1.82, 2.24) is 15.3 Å². The average Bonchev–Trinajstić information content (AvgIpc) is 2.57. The lowest BCUT2D eigenvalue weighted by molar-refractivity contribution is 0.584. The van der Waals surface area contributed by atoms with Gasteiger partial charge < -0.3 is 15.5 Å². The van der Waals surface area contributed by atoms with E-state index in [1.54, 1.807) is 18.5 Å². The minimum atomic E-state index is 0.555. The zero-order valence-corrected chi connectivity index (χ0v) is 13.5. The van der Waals surface area contributed by atoms with Crippen LogP contribution in [-0.4, -0.2) is 36.1 Å². The highest BCUT2D eigenvalue weighted by molar-refractivity contribution is 6.42. The maximum absolute atomic E-state index is 6.19. The first-order chi connectivity index (χ1) is 10.7. The standard InChI is InChI=1S/C15H17Cl2N5/c16-12-3-1-2-11(15(12)17)8-20-13-9-19-10-14(21-13)22-6-4-18-5-7-22/h1-3,9-10,18H,4-8H2,(H,20,21). The smallest absolute Gasteiger partial charge is 0.149 e. The van der Waals surface area contributed by atoms with Gasteiger partial charge in [0.2, 0.25) is 0 Å². The lowest BCUT2D eigenvalue weighted by Crippen LogP contribution is -2.44. The summed E-state index contributed by atoms with van der Waals surface area (Å²) >= 11 is 12.2. The molecule has 1 saturated heterocycles. The van der Waals surface area contributed by atoms with Gasteiger partial charge in [0.15, 0.2) is 0 Å². The number of nitrogens with zero attached hydrogens (tertiary/aromatic N) is 3. The monoisotopic (exact) mass is 337 g/mol. The zero-order valence-electron chi connectivity index (χ0n) is 12.0. The van der Waals surface area contributed by atoms with E-state index in [9.17, 15) is 0 Å². The molecule has 0 radical (unpaired) electrons. The predicted octanol–water partition coefficient (Wildman–Crippen LogP) is 2.81. The van der Waals surface area contributed by atoms with Crippen LogP contribution in [0.25, 0.3) is 0 Å². The lowest BCUT2D eigenvalue weighted by atomic mass is 10.2. The quantitative estimate of drug-likeness (QED) is 0.898. The molecule has 3 rings (SSSR count). The Balaban J connectivity index is 1.69. The summed E-state index contributed by atoms with van der Waals surface area (Å²) < 4.78 is 0. The number of rotatable bonds is 4. The van der Waals surface area contributed by atoms with Crippen LogP contribution in [0.4, 0.5) is 11.6 Å². The predicted molar refractivity (Wildman–Crippen MR) is 90.9 cm³/mol. The van der Waals surface area contributed by atoms with Crippen molar-refractivity contribution in [2.75, 3.05) is 36.4 Å². The van der Waals surface area contributed by atoms with Gasteiger partial charge in [-0.15, -0.1) is 0 Å². The summed E-state index contributed by atoms with van der Waals surface area (Å²) in [5.41, 5.74) is 0.934. The van der Waals surface area contributed by atoms with Gasteiger partial charge in [-0.1, -0.05) is 35.3 Å². The third kappa shape index (κ3) is 3.61. The average molecular weight is 338 g/mol. The van der Waals surface area contributed by atoms with E-state index in [1.165, 1.54) is 0 Å². The Labute approximate surface area is 139 Å². The van der Waals surface area contributed by atoms with Gasteiger partial charge in [-0.2, -0.15) is 0 Å². The van der Waals surface area contributed by atoms with Gasteiger partial charge in [0.1, 0.15) is 11.6 Å². The van der Waals surface area contributed by atoms with Gasteiger partial charge in [0.05, 0.1) is 22.4 Å². The number of hydrogen-bond donors (Lipinski definition) is 2. The first-order valence-corrected chi connectivity index (χ1v) is 7.94. The largest absolute Gasteiger partial charge is 0.365 e. The number of piperazine rings is 1. The summed E-state index contributed by atoms with van der Waals surface area (Å²) in [4.78, 5) is 11.1. The highest BCUT2D eigenvalue weighted by Crippen LogP contribution is 2.26. The molecule has 0 bridgehead atoms. The fourth-order valence-corrected chi connectivity index (χ4v) is 2.74. The van der Waals surface area contributed by atoms with Gasteiger partial charge in [0.25, 0.3) is 0 Å². The van der Waals surface area contributed by atoms with Crippen molar-refractivity contribution >= 4 is 34.8 Å². The maximum atomic E-state index is 6.19. The molecule has 2 N–H and O–H groups in total. The Kier molecular flexibility index (Phi) is 4.97. The summed E-state index contributed by atoms with van der Waals surface area (Å²) in [6.45, 7) is 4.38. The summed E-state index contributed by atoms with van der Waals surface area (Å²) in [7, 11) is 0. The SMILES string of the molecule is Clc1cccc(CNc2cncc(N3CCNCC3)n2)c1Cl. The van der Waals surface area contributed by atoms with E-state index in [0.717, 1.165) is 43.4 Å². The number of hydrogen-bond acceptors (Lipinski definition) is 5. The molecule has 0 saturated carbocycles. The molecule has 0 spiro atoms. The zero-order chi connectivity index (χ0) is 15.4. The molecule has 1 aromatic heterocycles. The van der Waals surface area contributed by atoms with Crippen LogP contribution in [0.2, 0.25) is 10.0 Å². The third-order valence-corrected chi connectivity index (χ3v) is 4.41. The summed E-state index contributed by atoms with van der Waals surface area (Å²) in [5.74, 6) is 1.62. The Morgan fingerprint density at radius 3 is 2.82 bits per heavy atom. The van der Waals surface area contributed by atoms with Crippen LogP contribution in [0.1, 0.15) is 5.56 Å². The number of halogens is 2. The van der Waals surface area contributed by atoms with Crippen molar-refractivity contribution in [2.24, 2.45) is 0 Å². The molecule has 1 aromatic carbocycles. The lowest BCUT2D eigenvalue weighted by Gasteiger charge is -2.28. The van der Waals surface area contributed by atoms with Crippen molar-refractivity contribution in [3.8, 4) is 0 Å². The maximum Gasteiger partial charge on any atom is 0.149 e. The molecule has 7 heteroatoms. The Hall–Kier alpha value is -1.56. The first kappa shape index (κ1) is 15.3. The molecule has 1 fully saturated rings. The van der Waals surface area contributed by atoms with Crippen LogP contribution < -0.4 is 15.5 Å². The molecular formula is C15H17Cl2N5. The number of aromatic nitrogens is 2. The molecule has 116 valence electrons. The molecule has 5 nitrogen and oxygen atoms in total. The molecule has 0 atom stereocenters. The summed E-state index contributed by atoms with van der Waals surface area (Å²) in [6, 6.07) is 5.60. The van der Waals surface area contributed by atoms with Crippen LogP contribution in [0.3, 0.4) is 0 Å². The van der Waals surface area contributed by atoms with Crippen molar-refractivity contribution in [2.45, 2.75) is 6.54 Å². The second kappa shape index (κ2) is 7.13.